The summed E-state index contributed by atoms with van der Waals surface area (Å²) in [5.41, 5.74) is 1.12. The summed E-state index contributed by atoms with van der Waals surface area (Å²) in [6.07, 6.45) is 0.761. The summed E-state index contributed by atoms with van der Waals surface area (Å²) < 4.78 is 19.1. The molecule has 0 unspecified atom stereocenters. The van der Waals surface area contributed by atoms with Gasteiger partial charge in [-0.25, -0.2) is 4.39 Å². The largest absolute Gasteiger partial charge is 0.493 e. The van der Waals surface area contributed by atoms with E-state index in [0.717, 1.165) is 6.42 Å². The van der Waals surface area contributed by atoms with Crippen molar-refractivity contribution in [1.29, 1.82) is 0 Å². The number of amides is 1. The SMILES string of the molecule is CCCN(C(=O)c1ccccc1OCC)c1nnc(-c2cccc(F)c2)s1. The van der Waals surface area contributed by atoms with Crippen molar-refractivity contribution in [2.75, 3.05) is 18.1 Å². The van der Waals surface area contributed by atoms with Crippen molar-refractivity contribution in [2.45, 2.75) is 20.3 Å². The molecule has 27 heavy (non-hydrogen) atoms. The lowest BCUT2D eigenvalue weighted by Crippen LogP contribution is -2.32. The number of aromatic nitrogens is 2. The number of para-hydroxylation sites is 1. The van der Waals surface area contributed by atoms with Gasteiger partial charge in [-0.05, 0) is 37.6 Å². The highest BCUT2D eigenvalue weighted by molar-refractivity contribution is 7.18. The van der Waals surface area contributed by atoms with E-state index in [-0.39, 0.29) is 11.7 Å². The summed E-state index contributed by atoms with van der Waals surface area (Å²) in [6.45, 7) is 4.84. The molecule has 0 N–H and O–H groups in total. The van der Waals surface area contributed by atoms with E-state index >= 15 is 0 Å². The molecule has 7 heteroatoms. The third-order valence-electron chi connectivity index (χ3n) is 3.83. The Balaban J connectivity index is 1.93. The summed E-state index contributed by atoms with van der Waals surface area (Å²) in [5, 5.41) is 9.36. The van der Waals surface area contributed by atoms with E-state index in [1.807, 2.05) is 19.9 Å². The van der Waals surface area contributed by atoms with Crippen molar-refractivity contribution < 1.29 is 13.9 Å². The topological polar surface area (TPSA) is 55.3 Å². The van der Waals surface area contributed by atoms with E-state index in [1.165, 1.54) is 23.5 Å². The quantitative estimate of drug-likeness (QED) is 0.586. The van der Waals surface area contributed by atoms with Crippen LogP contribution in [0.3, 0.4) is 0 Å². The summed E-state index contributed by atoms with van der Waals surface area (Å²) in [6, 6.07) is 13.3. The molecule has 0 aliphatic carbocycles. The maximum atomic E-state index is 13.5. The monoisotopic (exact) mass is 385 g/mol. The number of rotatable bonds is 7. The van der Waals surface area contributed by atoms with E-state index in [4.69, 9.17) is 4.74 Å². The second-order valence-corrected chi connectivity index (χ2v) is 6.74. The van der Waals surface area contributed by atoms with Crippen LogP contribution in [0.25, 0.3) is 10.6 Å². The zero-order chi connectivity index (χ0) is 19.2. The van der Waals surface area contributed by atoms with E-state index in [9.17, 15) is 9.18 Å². The third kappa shape index (κ3) is 4.31. The third-order valence-corrected chi connectivity index (χ3v) is 4.82. The number of ether oxygens (including phenoxy) is 1. The average Bonchev–Trinajstić information content (AvgIpc) is 3.16. The Bertz CT molecular complexity index is 929. The van der Waals surface area contributed by atoms with Gasteiger partial charge in [0.1, 0.15) is 16.6 Å². The van der Waals surface area contributed by atoms with Crippen LogP contribution in [0.4, 0.5) is 9.52 Å². The standard InChI is InChI=1S/C20H20FN3O2S/c1-3-12-24(19(25)16-10-5-6-11-17(16)26-4-2)20-23-22-18(27-20)14-8-7-9-15(21)13-14/h5-11,13H,3-4,12H2,1-2H3. The summed E-state index contributed by atoms with van der Waals surface area (Å²) in [7, 11) is 0. The molecule has 0 atom stereocenters. The number of hydrogen-bond donors (Lipinski definition) is 0. The highest BCUT2D eigenvalue weighted by Gasteiger charge is 2.24. The fourth-order valence-corrected chi connectivity index (χ4v) is 3.51. The summed E-state index contributed by atoms with van der Waals surface area (Å²) in [5.74, 6) is 0.0141. The molecular weight excluding hydrogens is 365 g/mol. The van der Waals surface area contributed by atoms with Crippen LogP contribution >= 0.6 is 11.3 Å². The number of halogens is 1. The molecule has 0 aliphatic rings. The first-order chi connectivity index (χ1) is 13.1. The van der Waals surface area contributed by atoms with Crippen molar-refractivity contribution in [3.8, 4) is 16.3 Å². The van der Waals surface area contributed by atoms with Gasteiger partial charge in [0.2, 0.25) is 5.13 Å². The number of carbonyl (C=O) groups excluding carboxylic acids is 1. The molecule has 0 bridgehead atoms. The predicted octanol–water partition coefficient (Wildman–Crippen LogP) is 4.80. The Morgan fingerprint density at radius 2 is 1.96 bits per heavy atom. The lowest BCUT2D eigenvalue weighted by atomic mass is 10.1. The number of nitrogens with zero attached hydrogens (tertiary/aromatic N) is 3. The highest BCUT2D eigenvalue weighted by atomic mass is 32.1. The van der Waals surface area contributed by atoms with Crippen LogP contribution in [0.1, 0.15) is 30.6 Å². The molecule has 0 saturated heterocycles. The van der Waals surface area contributed by atoms with Gasteiger partial charge >= 0.3 is 0 Å². The molecule has 0 aliphatic heterocycles. The van der Waals surface area contributed by atoms with Gasteiger partial charge in [0, 0.05) is 12.1 Å². The molecule has 3 rings (SSSR count). The Hall–Kier alpha value is -2.80. The Kier molecular flexibility index (Phi) is 6.13. The van der Waals surface area contributed by atoms with Gasteiger partial charge in [-0.1, -0.05) is 42.5 Å². The zero-order valence-electron chi connectivity index (χ0n) is 15.2. The maximum absolute atomic E-state index is 13.5. The molecule has 0 radical (unpaired) electrons. The molecular formula is C20H20FN3O2S. The van der Waals surface area contributed by atoms with Gasteiger partial charge < -0.3 is 4.74 Å². The van der Waals surface area contributed by atoms with Gasteiger partial charge in [0.15, 0.2) is 0 Å². The molecule has 1 amide bonds. The van der Waals surface area contributed by atoms with Gasteiger partial charge in [0.05, 0.1) is 12.2 Å². The molecule has 1 aromatic heterocycles. The van der Waals surface area contributed by atoms with Crippen molar-refractivity contribution in [3.05, 3.63) is 59.9 Å². The van der Waals surface area contributed by atoms with Crippen LogP contribution in [-0.2, 0) is 0 Å². The van der Waals surface area contributed by atoms with Gasteiger partial charge in [0.25, 0.3) is 5.91 Å². The van der Waals surface area contributed by atoms with Crippen LogP contribution in [0.15, 0.2) is 48.5 Å². The second kappa shape index (κ2) is 8.73. The molecule has 5 nitrogen and oxygen atoms in total. The van der Waals surface area contributed by atoms with Crippen LogP contribution < -0.4 is 9.64 Å². The Morgan fingerprint density at radius 3 is 2.70 bits per heavy atom. The fraction of sp³-hybridized carbons (Fsp3) is 0.250. The molecule has 1 heterocycles. The van der Waals surface area contributed by atoms with Crippen LogP contribution in [0, 0.1) is 5.82 Å². The van der Waals surface area contributed by atoms with Crippen LogP contribution in [-0.4, -0.2) is 29.3 Å². The number of hydrogen-bond acceptors (Lipinski definition) is 5. The molecule has 3 aromatic rings. The van der Waals surface area contributed by atoms with Crippen LogP contribution in [0.2, 0.25) is 0 Å². The Labute approximate surface area is 161 Å². The van der Waals surface area contributed by atoms with E-state index in [2.05, 4.69) is 10.2 Å². The van der Waals surface area contributed by atoms with E-state index < -0.39 is 0 Å². The van der Waals surface area contributed by atoms with Gasteiger partial charge in [-0.2, -0.15) is 0 Å². The first-order valence-corrected chi connectivity index (χ1v) is 9.58. The molecule has 0 fully saturated rings. The predicted molar refractivity (Wildman–Crippen MR) is 105 cm³/mol. The lowest BCUT2D eigenvalue weighted by molar-refractivity contribution is 0.0983. The fourth-order valence-electron chi connectivity index (χ4n) is 2.64. The summed E-state index contributed by atoms with van der Waals surface area (Å²) in [4.78, 5) is 14.8. The Morgan fingerprint density at radius 1 is 1.15 bits per heavy atom. The first-order valence-electron chi connectivity index (χ1n) is 8.77. The average molecular weight is 385 g/mol. The minimum atomic E-state index is -0.337. The number of carbonyl (C=O) groups is 1. The smallest absolute Gasteiger partial charge is 0.263 e. The highest BCUT2D eigenvalue weighted by Crippen LogP contribution is 2.31. The number of anilines is 1. The molecule has 2 aromatic carbocycles. The van der Waals surface area contributed by atoms with Crippen molar-refractivity contribution in [2.24, 2.45) is 0 Å². The molecule has 0 spiro atoms. The van der Waals surface area contributed by atoms with Crippen molar-refractivity contribution in [3.63, 3.8) is 0 Å². The molecule has 140 valence electrons. The second-order valence-electron chi connectivity index (χ2n) is 5.79. The minimum Gasteiger partial charge on any atom is -0.493 e. The minimum absolute atomic E-state index is 0.192. The van der Waals surface area contributed by atoms with Crippen molar-refractivity contribution >= 4 is 22.4 Å². The first kappa shape index (κ1) is 19.0. The maximum Gasteiger partial charge on any atom is 0.263 e. The zero-order valence-corrected chi connectivity index (χ0v) is 16.0. The van der Waals surface area contributed by atoms with E-state index in [0.29, 0.717) is 40.2 Å². The lowest BCUT2D eigenvalue weighted by Gasteiger charge is -2.20. The van der Waals surface area contributed by atoms with Crippen LogP contribution in [0.5, 0.6) is 5.75 Å². The van der Waals surface area contributed by atoms with Crippen molar-refractivity contribution in [1.82, 2.24) is 10.2 Å². The summed E-state index contributed by atoms with van der Waals surface area (Å²) >= 11 is 1.26. The van der Waals surface area contributed by atoms with Gasteiger partial charge in [-0.3, -0.25) is 9.69 Å². The number of benzene rings is 2. The van der Waals surface area contributed by atoms with Gasteiger partial charge in [-0.15, -0.1) is 10.2 Å². The molecule has 0 saturated carbocycles. The normalized spacial score (nSPS) is 10.6. The van der Waals surface area contributed by atoms with E-state index in [1.54, 1.807) is 35.2 Å².